The summed E-state index contributed by atoms with van der Waals surface area (Å²) in [5.41, 5.74) is 1.58. The normalized spacial score (nSPS) is 12.7. The molecule has 0 aliphatic carbocycles. The van der Waals surface area contributed by atoms with E-state index in [0.29, 0.717) is 5.69 Å². The third kappa shape index (κ3) is 1.81. The Morgan fingerprint density at radius 2 is 2.21 bits per heavy atom. The SMILES string of the molecule is Cc1cccc(C(O)c2ccns2)n1. The second kappa shape index (κ2) is 3.86. The molecule has 0 aliphatic rings. The van der Waals surface area contributed by atoms with Gasteiger partial charge in [-0.2, -0.15) is 0 Å². The Morgan fingerprint density at radius 3 is 2.86 bits per heavy atom. The Morgan fingerprint density at radius 1 is 1.36 bits per heavy atom. The highest BCUT2D eigenvalue weighted by molar-refractivity contribution is 7.05. The van der Waals surface area contributed by atoms with Gasteiger partial charge in [-0.1, -0.05) is 6.07 Å². The van der Waals surface area contributed by atoms with Crippen LogP contribution in [-0.4, -0.2) is 14.5 Å². The zero-order valence-electron chi connectivity index (χ0n) is 7.71. The minimum atomic E-state index is -0.651. The van der Waals surface area contributed by atoms with E-state index in [0.717, 1.165) is 10.6 Å². The number of pyridine rings is 1. The summed E-state index contributed by atoms with van der Waals surface area (Å²) in [7, 11) is 0. The van der Waals surface area contributed by atoms with Crippen LogP contribution in [0.15, 0.2) is 30.5 Å². The van der Waals surface area contributed by atoms with Gasteiger partial charge in [0.2, 0.25) is 0 Å². The number of aliphatic hydroxyl groups is 1. The van der Waals surface area contributed by atoms with E-state index in [9.17, 15) is 5.11 Å². The van der Waals surface area contributed by atoms with Crippen molar-refractivity contribution in [3.8, 4) is 0 Å². The van der Waals surface area contributed by atoms with E-state index in [4.69, 9.17) is 0 Å². The number of hydrogen-bond acceptors (Lipinski definition) is 4. The van der Waals surface area contributed by atoms with Gasteiger partial charge in [-0.3, -0.25) is 4.98 Å². The summed E-state index contributed by atoms with van der Waals surface area (Å²) in [6.07, 6.45) is 1.03. The molecule has 0 saturated heterocycles. The molecule has 4 heteroatoms. The quantitative estimate of drug-likeness (QED) is 0.816. The van der Waals surface area contributed by atoms with Gasteiger partial charge in [0.05, 0.1) is 10.6 Å². The van der Waals surface area contributed by atoms with Crippen LogP contribution in [0.25, 0.3) is 0 Å². The predicted octanol–water partition coefficient (Wildman–Crippen LogP) is 1.93. The van der Waals surface area contributed by atoms with Crippen molar-refractivity contribution in [3.63, 3.8) is 0 Å². The fraction of sp³-hybridized carbons (Fsp3) is 0.200. The third-order valence-corrected chi connectivity index (χ3v) is 2.71. The summed E-state index contributed by atoms with van der Waals surface area (Å²) in [5.74, 6) is 0. The third-order valence-electron chi connectivity index (χ3n) is 1.92. The maximum absolute atomic E-state index is 9.91. The molecule has 0 aliphatic heterocycles. The number of aromatic nitrogens is 2. The molecule has 72 valence electrons. The van der Waals surface area contributed by atoms with Crippen LogP contribution in [0.5, 0.6) is 0 Å². The topological polar surface area (TPSA) is 46.0 Å². The monoisotopic (exact) mass is 206 g/mol. The van der Waals surface area contributed by atoms with Gasteiger partial charge in [0, 0.05) is 11.9 Å². The molecule has 0 saturated carbocycles. The first-order valence-corrected chi connectivity index (χ1v) is 5.07. The van der Waals surface area contributed by atoms with Crippen molar-refractivity contribution in [2.75, 3.05) is 0 Å². The number of aliphatic hydroxyl groups excluding tert-OH is 1. The van der Waals surface area contributed by atoms with E-state index in [1.54, 1.807) is 12.3 Å². The summed E-state index contributed by atoms with van der Waals surface area (Å²) in [4.78, 5) is 5.08. The van der Waals surface area contributed by atoms with Gasteiger partial charge in [0.25, 0.3) is 0 Å². The average molecular weight is 206 g/mol. The Bertz CT molecular complexity index is 414. The lowest BCUT2D eigenvalue weighted by Crippen LogP contribution is -2.00. The molecule has 2 aromatic rings. The Balaban J connectivity index is 2.32. The van der Waals surface area contributed by atoms with Crippen LogP contribution >= 0.6 is 11.5 Å². The lowest BCUT2D eigenvalue weighted by Gasteiger charge is -2.07. The minimum absolute atomic E-state index is 0.651. The highest BCUT2D eigenvalue weighted by Gasteiger charge is 2.12. The maximum atomic E-state index is 9.91. The number of nitrogens with zero attached hydrogens (tertiary/aromatic N) is 2. The summed E-state index contributed by atoms with van der Waals surface area (Å²) in [5, 5.41) is 9.91. The zero-order valence-corrected chi connectivity index (χ0v) is 8.53. The van der Waals surface area contributed by atoms with E-state index in [1.165, 1.54) is 11.5 Å². The van der Waals surface area contributed by atoms with Gasteiger partial charge in [-0.15, -0.1) is 0 Å². The molecule has 0 fully saturated rings. The lowest BCUT2D eigenvalue weighted by atomic mass is 10.2. The standard InChI is InChI=1S/C10H10N2OS/c1-7-3-2-4-8(12-7)10(13)9-5-6-11-14-9/h2-6,10,13H,1H3. The summed E-state index contributed by atoms with van der Waals surface area (Å²) in [6.45, 7) is 1.91. The zero-order chi connectivity index (χ0) is 9.97. The van der Waals surface area contributed by atoms with E-state index >= 15 is 0 Å². The largest absolute Gasteiger partial charge is 0.381 e. The second-order valence-corrected chi connectivity index (χ2v) is 3.89. The molecule has 0 aromatic carbocycles. The van der Waals surface area contributed by atoms with Gasteiger partial charge in [-0.05, 0) is 36.7 Å². The fourth-order valence-corrected chi connectivity index (χ4v) is 1.81. The molecule has 1 atom stereocenters. The summed E-state index contributed by atoms with van der Waals surface area (Å²) in [6, 6.07) is 7.42. The van der Waals surface area contributed by atoms with Crippen molar-refractivity contribution in [1.29, 1.82) is 0 Å². The van der Waals surface area contributed by atoms with Crippen LogP contribution in [0, 0.1) is 6.92 Å². The highest BCUT2D eigenvalue weighted by atomic mass is 32.1. The first-order chi connectivity index (χ1) is 6.77. The molecular formula is C10H10N2OS. The smallest absolute Gasteiger partial charge is 0.132 e. The van der Waals surface area contributed by atoms with E-state index in [2.05, 4.69) is 9.36 Å². The van der Waals surface area contributed by atoms with Gasteiger partial charge >= 0.3 is 0 Å². The molecule has 2 aromatic heterocycles. The van der Waals surface area contributed by atoms with Gasteiger partial charge < -0.3 is 5.11 Å². The van der Waals surface area contributed by atoms with Crippen molar-refractivity contribution >= 4 is 11.5 Å². The van der Waals surface area contributed by atoms with Crippen molar-refractivity contribution in [1.82, 2.24) is 9.36 Å². The molecule has 0 amide bonds. The van der Waals surface area contributed by atoms with Crippen LogP contribution in [0.1, 0.15) is 22.4 Å². The minimum Gasteiger partial charge on any atom is -0.381 e. The molecule has 0 bridgehead atoms. The van der Waals surface area contributed by atoms with E-state index < -0.39 is 6.10 Å². The van der Waals surface area contributed by atoms with Crippen LogP contribution in [0.4, 0.5) is 0 Å². The molecule has 3 nitrogen and oxygen atoms in total. The molecule has 2 heterocycles. The van der Waals surface area contributed by atoms with Crippen molar-refractivity contribution in [2.45, 2.75) is 13.0 Å². The molecule has 0 radical (unpaired) electrons. The molecule has 14 heavy (non-hydrogen) atoms. The summed E-state index contributed by atoms with van der Waals surface area (Å²) >= 11 is 1.29. The first-order valence-electron chi connectivity index (χ1n) is 4.29. The Labute approximate surface area is 86.2 Å². The molecule has 1 unspecified atom stereocenters. The molecular weight excluding hydrogens is 196 g/mol. The van der Waals surface area contributed by atoms with Crippen LogP contribution in [0.2, 0.25) is 0 Å². The highest BCUT2D eigenvalue weighted by Crippen LogP contribution is 2.22. The van der Waals surface area contributed by atoms with Gasteiger partial charge in [0.15, 0.2) is 0 Å². The van der Waals surface area contributed by atoms with Gasteiger partial charge in [-0.25, -0.2) is 4.37 Å². The van der Waals surface area contributed by atoms with E-state index in [1.807, 2.05) is 25.1 Å². The molecule has 0 spiro atoms. The van der Waals surface area contributed by atoms with Crippen molar-refractivity contribution in [2.24, 2.45) is 0 Å². The number of aryl methyl sites for hydroxylation is 1. The number of rotatable bonds is 2. The van der Waals surface area contributed by atoms with Crippen molar-refractivity contribution < 1.29 is 5.11 Å². The van der Waals surface area contributed by atoms with Crippen molar-refractivity contribution in [3.05, 3.63) is 46.7 Å². The van der Waals surface area contributed by atoms with E-state index in [-0.39, 0.29) is 0 Å². The predicted molar refractivity (Wildman–Crippen MR) is 55.1 cm³/mol. The second-order valence-electron chi connectivity index (χ2n) is 3.02. The van der Waals surface area contributed by atoms with Crippen LogP contribution in [-0.2, 0) is 0 Å². The Hall–Kier alpha value is -1.26. The molecule has 2 rings (SSSR count). The maximum Gasteiger partial charge on any atom is 0.132 e. The molecule has 1 N–H and O–H groups in total. The average Bonchev–Trinajstić information content (AvgIpc) is 2.69. The lowest BCUT2D eigenvalue weighted by molar-refractivity contribution is 0.219. The van der Waals surface area contributed by atoms with Crippen LogP contribution < -0.4 is 0 Å². The van der Waals surface area contributed by atoms with Crippen LogP contribution in [0.3, 0.4) is 0 Å². The fourth-order valence-electron chi connectivity index (χ4n) is 1.23. The summed E-state index contributed by atoms with van der Waals surface area (Å²) < 4.78 is 3.95. The Kier molecular flexibility index (Phi) is 2.56. The number of hydrogen-bond donors (Lipinski definition) is 1. The first kappa shape index (κ1) is 9.30. The van der Waals surface area contributed by atoms with Gasteiger partial charge in [0.1, 0.15) is 6.10 Å².